The Morgan fingerprint density at radius 3 is 2.38 bits per heavy atom. The first-order valence-corrected chi connectivity index (χ1v) is 8.37. The number of carbonyl (C=O) groups is 2. The molecule has 6 heteroatoms. The molecular weight excluding hydrogens is 306 g/mol. The van der Waals surface area contributed by atoms with Crippen LogP contribution in [0.3, 0.4) is 0 Å². The van der Waals surface area contributed by atoms with E-state index in [0.717, 1.165) is 5.69 Å². The molecule has 0 heterocycles. The van der Waals surface area contributed by atoms with Gasteiger partial charge in [-0.15, -0.1) is 0 Å². The third-order valence-corrected chi connectivity index (χ3v) is 3.28. The Bertz CT molecular complexity index is 549. The molecule has 0 radical (unpaired) electrons. The second kappa shape index (κ2) is 9.15. The van der Waals surface area contributed by atoms with Crippen molar-refractivity contribution in [2.24, 2.45) is 0 Å². The SMILES string of the molecule is CCN(CC)C(=O)c1cccc(NCCNC(=O)OC(C)(C)C)c1. The molecule has 0 spiro atoms. The van der Waals surface area contributed by atoms with Gasteiger partial charge in [-0.25, -0.2) is 4.79 Å². The van der Waals surface area contributed by atoms with Gasteiger partial charge in [0.25, 0.3) is 5.91 Å². The minimum atomic E-state index is -0.503. The first-order valence-electron chi connectivity index (χ1n) is 8.37. The van der Waals surface area contributed by atoms with Crippen molar-refractivity contribution in [1.29, 1.82) is 0 Å². The molecule has 1 aromatic carbocycles. The summed E-state index contributed by atoms with van der Waals surface area (Å²) >= 11 is 0. The van der Waals surface area contributed by atoms with Crippen LogP contribution in [0.15, 0.2) is 24.3 Å². The van der Waals surface area contributed by atoms with E-state index in [1.807, 2.05) is 58.9 Å². The number of amides is 2. The van der Waals surface area contributed by atoms with Crippen LogP contribution in [-0.2, 0) is 4.74 Å². The van der Waals surface area contributed by atoms with Crippen molar-refractivity contribution in [3.63, 3.8) is 0 Å². The lowest BCUT2D eigenvalue weighted by Gasteiger charge is -2.20. The van der Waals surface area contributed by atoms with Crippen LogP contribution in [0.25, 0.3) is 0 Å². The molecule has 0 saturated heterocycles. The van der Waals surface area contributed by atoms with Gasteiger partial charge in [0.05, 0.1) is 0 Å². The average molecular weight is 335 g/mol. The molecule has 0 fully saturated rings. The minimum Gasteiger partial charge on any atom is -0.444 e. The summed E-state index contributed by atoms with van der Waals surface area (Å²) in [6.45, 7) is 11.7. The van der Waals surface area contributed by atoms with Crippen LogP contribution in [0.4, 0.5) is 10.5 Å². The molecule has 0 atom stereocenters. The smallest absolute Gasteiger partial charge is 0.407 e. The number of alkyl carbamates (subject to hydrolysis) is 1. The molecule has 1 rings (SSSR count). The molecule has 1 aromatic rings. The van der Waals surface area contributed by atoms with Crippen LogP contribution in [0.2, 0.25) is 0 Å². The summed E-state index contributed by atoms with van der Waals surface area (Å²) in [6.07, 6.45) is -0.435. The highest BCUT2D eigenvalue weighted by atomic mass is 16.6. The molecular formula is C18H29N3O3. The van der Waals surface area contributed by atoms with Crippen molar-refractivity contribution in [1.82, 2.24) is 10.2 Å². The van der Waals surface area contributed by atoms with Gasteiger partial charge in [-0.05, 0) is 52.8 Å². The fourth-order valence-electron chi connectivity index (χ4n) is 2.14. The summed E-state index contributed by atoms with van der Waals surface area (Å²) in [4.78, 5) is 25.7. The lowest BCUT2D eigenvalue weighted by molar-refractivity contribution is 0.0529. The first-order chi connectivity index (χ1) is 11.3. The van der Waals surface area contributed by atoms with Crippen molar-refractivity contribution >= 4 is 17.7 Å². The van der Waals surface area contributed by atoms with Crippen LogP contribution in [0.1, 0.15) is 45.0 Å². The van der Waals surface area contributed by atoms with E-state index >= 15 is 0 Å². The van der Waals surface area contributed by atoms with Gasteiger partial charge < -0.3 is 20.3 Å². The number of hydrogen-bond acceptors (Lipinski definition) is 4. The van der Waals surface area contributed by atoms with E-state index in [4.69, 9.17) is 4.74 Å². The standard InChI is InChI=1S/C18H29N3O3/c1-6-21(7-2)16(22)14-9-8-10-15(13-14)19-11-12-20-17(23)24-18(3,4)5/h8-10,13,19H,6-7,11-12H2,1-5H3,(H,20,23). The zero-order chi connectivity index (χ0) is 18.2. The van der Waals surface area contributed by atoms with Crippen molar-refractivity contribution in [2.75, 3.05) is 31.5 Å². The van der Waals surface area contributed by atoms with E-state index in [2.05, 4.69) is 10.6 Å². The van der Waals surface area contributed by atoms with Crippen LogP contribution < -0.4 is 10.6 Å². The lowest BCUT2D eigenvalue weighted by atomic mass is 10.1. The van der Waals surface area contributed by atoms with Crippen LogP contribution in [0, 0.1) is 0 Å². The van der Waals surface area contributed by atoms with Crippen molar-refractivity contribution < 1.29 is 14.3 Å². The second-order valence-corrected chi connectivity index (χ2v) is 6.41. The number of hydrogen-bond donors (Lipinski definition) is 2. The molecule has 2 N–H and O–H groups in total. The van der Waals surface area contributed by atoms with Gasteiger partial charge in [0.15, 0.2) is 0 Å². The predicted molar refractivity (Wildman–Crippen MR) is 96.4 cm³/mol. The van der Waals surface area contributed by atoms with Crippen molar-refractivity contribution in [3.05, 3.63) is 29.8 Å². The molecule has 0 unspecified atom stereocenters. The van der Waals surface area contributed by atoms with E-state index in [1.165, 1.54) is 0 Å². The summed E-state index contributed by atoms with van der Waals surface area (Å²) in [5.74, 6) is 0.0236. The van der Waals surface area contributed by atoms with Crippen LogP contribution in [-0.4, -0.2) is 48.7 Å². The molecule has 0 bridgehead atoms. The molecule has 6 nitrogen and oxygen atoms in total. The third kappa shape index (κ3) is 6.89. The number of rotatable bonds is 7. The molecule has 0 aromatic heterocycles. The topological polar surface area (TPSA) is 70.7 Å². The number of carbonyl (C=O) groups excluding carboxylic acids is 2. The number of ether oxygens (including phenoxy) is 1. The molecule has 0 aliphatic carbocycles. The maximum absolute atomic E-state index is 12.3. The van der Waals surface area contributed by atoms with Gasteiger partial charge in [0.2, 0.25) is 0 Å². The highest BCUT2D eigenvalue weighted by molar-refractivity contribution is 5.95. The first kappa shape index (κ1) is 19.8. The quantitative estimate of drug-likeness (QED) is 0.751. The highest BCUT2D eigenvalue weighted by Crippen LogP contribution is 2.12. The van der Waals surface area contributed by atoms with E-state index in [9.17, 15) is 9.59 Å². The van der Waals surface area contributed by atoms with Gasteiger partial charge in [-0.2, -0.15) is 0 Å². The second-order valence-electron chi connectivity index (χ2n) is 6.41. The van der Waals surface area contributed by atoms with Gasteiger partial charge in [-0.3, -0.25) is 4.79 Å². The van der Waals surface area contributed by atoms with Gasteiger partial charge in [-0.1, -0.05) is 6.07 Å². The van der Waals surface area contributed by atoms with E-state index in [0.29, 0.717) is 31.7 Å². The average Bonchev–Trinajstić information content (AvgIpc) is 2.51. The number of nitrogens with one attached hydrogen (secondary N) is 2. The normalized spacial score (nSPS) is 10.9. The Labute approximate surface area is 144 Å². The maximum Gasteiger partial charge on any atom is 0.407 e. The maximum atomic E-state index is 12.3. The van der Waals surface area contributed by atoms with Crippen LogP contribution >= 0.6 is 0 Å². The summed E-state index contributed by atoms with van der Waals surface area (Å²) in [5, 5.41) is 5.88. The number of nitrogens with zero attached hydrogens (tertiary/aromatic N) is 1. The van der Waals surface area contributed by atoms with E-state index in [1.54, 1.807) is 4.90 Å². The van der Waals surface area contributed by atoms with Crippen LogP contribution in [0.5, 0.6) is 0 Å². The zero-order valence-corrected chi connectivity index (χ0v) is 15.3. The molecule has 0 aliphatic heterocycles. The Morgan fingerprint density at radius 2 is 1.79 bits per heavy atom. The molecule has 134 valence electrons. The van der Waals surface area contributed by atoms with Gasteiger partial charge >= 0.3 is 6.09 Å². The number of benzene rings is 1. The largest absolute Gasteiger partial charge is 0.444 e. The summed E-state index contributed by atoms with van der Waals surface area (Å²) in [5.41, 5.74) is 0.999. The van der Waals surface area contributed by atoms with Crippen molar-refractivity contribution in [3.8, 4) is 0 Å². The Balaban J connectivity index is 2.48. The Kier molecular flexibility index (Phi) is 7.55. The van der Waals surface area contributed by atoms with Gasteiger partial charge in [0, 0.05) is 37.4 Å². The highest BCUT2D eigenvalue weighted by Gasteiger charge is 2.15. The monoisotopic (exact) mass is 335 g/mol. The summed E-state index contributed by atoms with van der Waals surface area (Å²) in [6, 6.07) is 7.38. The zero-order valence-electron chi connectivity index (χ0n) is 15.3. The number of anilines is 1. The molecule has 0 saturated carbocycles. The van der Waals surface area contributed by atoms with Gasteiger partial charge in [0.1, 0.15) is 5.60 Å². The fraction of sp³-hybridized carbons (Fsp3) is 0.556. The lowest BCUT2D eigenvalue weighted by Crippen LogP contribution is -2.35. The Morgan fingerprint density at radius 1 is 1.12 bits per heavy atom. The Hall–Kier alpha value is -2.24. The van der Waals surface area contributed by atoms with Crippen molar-refractivity contribution in [2.45, 2.75) is 40.2 Å². The fourth-order valence-corrected chi connectivity index (χ4v) is 2.14. The third-order valence-electron chi connectivity index (χ3n) is 3.28. The predicted octanol–water partition coefficient (Wildman–Crippen LogP) is 3.11. The van der Waals surface area contributed by atoms with E-state index < -0.39 is 11.7 Å². The van der Waals surface area contributed by atoms with E-state index in [-0.39, 0.29) is 5.91 Å². The minimum absolute atomic E-state index is 0.0236. The molecule has 0 aliphatic rings. The summed E-state index contributed by atoms with van der Waals surface area (Å²) in [7, 11) is 0. The molecule has 24 heavy (non-hydrogen) atoms. The summed E-state index contributed by atoms with van der Waals surface area (Å²) < 4.78 is 5.16. The molecule has 2 amide bonds.